The van der Waals surface area contributed by atoms with Crippen LogP contribution in [0.1, 0.15) is 23.2 Å². The molecule has 23 heavy (non-hydrogen) atoms. The van der Waals surface area contributed by atoms with Crippen molar-refractivity contribution >= 4 is 5.91 Å². The average molecular weight is 311 g/mol. The third-order valence-corrected chi connectivity index (χ3v) is 3.99. The SMILES string of the molecule is C#CCOc1ccc(C(=O)NCC2CCN(CC#N)CC2)cc1. The third-order valence-electron chi connectivity index (χ3n) is 3.99. The van der Waals surface area contributed by atoms with E-state index in [1.54, 1.807) is 24.3 Å². The van der Waals surface area contributed by atoms with E-state index in [2.05, 4.69) is 22.2 Å². The first-order valence-corrected chi connectivity index (χ1v) is 7.76. The molecule has 0 bridgehead atoms. The van der Waals surface area contributed by atoms with E-state index >= 15 is 0 Å². The van der Waals surface area contributed by atoms with Crippen LogP contribution in [0.5, 0.6) is 5.75 Å². The molecular formula is C18H21N3O2. The number of nitriles is 1. The van der Waals surface area contributed by atoms with Crippen LogP contribution < -0.4 is 10.1 Å². The Morgan fingerprint density at radius 1 is 1.35 bits per heavy atom. The van der Waals surface area contributed by atoms with Crippen LogP contribution in [-0.2, 0) is 0 Å². The van der Waals surface area contributed by atoms with E-state index in [1.807, 2.05) is 0 Å². The van der Waals surface area contributed by atoms with Crippen molar-refractivity contribution < 1.29 is 9.53 Å². The average Bonchev–Trinajstić information content (AvgIpc) is 2.60. The van der Waals surface area contributed by atoms with Crippen molar-refractivity contribution in [2.75, 3.05) is 32.8 Å². The zero-order chi connectivity index (χ0) is 16.5. The summed E-state index contributed by atoms with van der Waals surface area (Å²) in [5.41, 5.74) is 0.611. The molecule has 1 amide bonds. The normalized spacial score (nSPS) is 15.4. The maximum Gasteiger partial charge on any atom is 0.251 e. The molecule has 1 aromatic carbocycles. The predicted molar refractivity (Wildman–Crippen MR) is 87.9 cm³/mol. The maximum atomic E-state index is 12.1. The number of terminal acetylenes is 1. The first-order chi connectivity index (χ1) is 11.2. The number of piperidine rings is 1. The Morgan fingerprint density at radius 2 is 2.04 bits per heavy atom. The minimum absolute atomic E-state index is 0.0760. The van der Waals surface area contributed by atoms with Gasteiger partial charge in [0.1, 0.15) is 12.4 Å². The van der Waals surface area contributed by atoms with E-state index in [4.69, 9.17) is 16.4 Å². The number of benzene rings is 1. The number of hydrogen-bond acceptors (Lipinski definition) is 4. The lowest BCUT2D eigenvalue weighted by molar-refractivity contribution is 0.0938. The van der Waals surface area contributed by atoms with Gasteiger partial charge in [-0.15, -0.1) is 6.42 Å². The van der Waals surface area contributed by atoms with Crippen LogP contribution in [0.4, 0.5) is 0 Å². The lowest BCUT2D eigenvalue weighted by Crippen LogP contribution is -2.38. The number of amides is 1. The molecule has 0 aromatic heterocycles. The van der Waals surface area contributed by atoms with E-state index in [1.165, 1.54) is 0 Å². The summed E-state index contributed by atoms with van der Waals surface area (Å²) in [6.07, 6.45) is 7.16. The van der Waals surface area contributed by atoms with Gasteiger partial charge in [0, 0.05) is 12.1 Å². The Labute approximate surface area is 137 Å². The number of likely N-dealkylation sites (tertiary alicyclic amines) is 1. The fraction of sp³-hybridized carbons (Fsp3) is 0.444. The Balaban J connectivity index is 1.75. The van der Waals surface area contributed by atoms with E-state index in [9.17, 15) is 4.79 Å². The Bertz CT molecular complexity index is 590. The van der Waals surface area contributed by atoms with Crippen LogP contribution in [0.2, 0.25) is 0 Å². The molecular weight excluding hydrogens is 290 g/mol. The minimum Gasteiger partial charge on any atom is -0.481 e. The van der Waals surface area contributed by atoms with E-state index < -0.39 is 0 Å². The van der Waals surface area contributed by atoms with Gasteiger partial charge in [0.25, 0.3) is 5.91 Å². The molecule has 1 aliphatic heterocycles. The summed E-state index contributed by atoms with van der Waals surface area (Å²) < 4.78 is 5.28. The monoisotopic (exact) mass is 311 g/mol. The molecule has 1 aliphatic rings. The molecule has 1 aromatic rings. The van der Waals surface area contributed by atoms with E-state index in [0.29, 0.717) is 30.3 Å². The molecule has 0 spiro atoms. The van der Waals surface area contributed by atoms with E-state index in [-0.39, 0.29) is 12.5 Å². The summed E-state index contributed by atoms with van der Waals surface area (Å²) >= 11 is 0. The van der Waals surface area contributed by atoms with Gasteiger partial charge in [-0.25, -0.2) is 0 Å². The van der Waals surface area contributed by atoms with Gasteiger partial charge in [0.15, 0.2) is 0 Å². The van der Waals surface area contributed by atoms with Gasteiger partial charge in [-0.1, -0.05) is 5.92 Å². The Kier molecular flexibility index (Phi) is 6.47. The highest BCUT2D eigenvalue weighted by molar-refractivity contribution is 5.94. The molecule has 1 fully saturated rings. The minimum atomic E-state index is -0.0760. The summed E-state index contributed by atoms with van der Waals surface area (Å²) in [6, 6.07) is 9.13. The second-order valence-corrected chi connectivity index (χ2v) is 5.60. The summed E-state index contributed by atoms with van der Waals surface area (Å²) in [5, 5.41) is 11.7. The van der Waals surface area contributed by atoms with Crippen molar-refractivity contribution in [2.45, 2.75) is 12.8 Å². The smallest absolute Gasteiger partial charge is 0.251 e. The summed E-state index contributed by atoms with van der Waals surface area (Å²) in [4.78, 5) is 14.3. The standard InChI is InChI=1S/C18H21N3O2/c1-2-13-23-17-5-3-16(4-6-17)18(22)20-14-15-7-10-21(11-8-15)12-9-19/h1,3-6,15H,7-8,10-14H2,(H,20,22). The van der Waals surface area contributed by atoms with Gasteiger partial charge >= 0.3 is 0 Å². The molecule has 0 aliphatic carbocycles. The van der Waals surface area contributed by atoms with Crippen LogP contribution in [0.15, 0.2) is 24.3 Å². The van der Waals surface area contributed by atoms with Crippen molar-refractivity contribution in [3.63, 3.8) is 0 Å². The van der Waals surface area contributed by atoms with Crippen molar-refractivity contribution in [1.29, 1.82) is 5.26 Å². The van der Waals surface area contributed by atoms with Gasteiger partial charge in [0.05, 0.1) is 12.6 Å². The number of rotatable bonds is 6. The number of ether oxygens (including phenoxy) is 1. The Morgan fingerprint density at radius 3 is 2.65 bits per heavy atom. The van der Waals surface area contributed by atoms with Crippen LogP contribution in [0.3, 0.4) is 0 Å². The second kappa shape index (κ2) is 8.82. The quantitative estimate of drug-likeness (QED) is 0.641. The molecule has 5 heteroatoms. The molecule has 0 saturated carbocycles. The number of nitrogens with zero attached hydrogens (tertiary/aromatic N) is 2. The van der Waals surface area contributed by atoms with Crippen molar-refractivity contribution in [3.05, 3.63) is 29.8 Å². The van der Waals surface area contributed by atoms with Crippen LogP contribution in [-0.4, -0.2) is 43.6 Å². The summed E-state index contributed by atoms with van der Waals surface area (Å²) in [7, 11) is 0. The summed E-state index contributed by atoms with van der Waals surface area (Å²) in [6.45, 7) is 3.24. The molecule has 1 heterocycles. The molecule has 2 rings (SSSR count). The number of carbonyl (C=O) groups is 1. The topological polar surface area (TPSA) is 65.4 Å². The number of hydrogen-bond donors (Lipinski definition) is 1. The van der Waals surface area contributed by atoms with Gasteiger partial charge in [-0.2, -0.15) is 5.26 Å². The second-order valence-electron chi connectivity index (χ2n) is 5.60. The zero-order valence-corrected chi connectivity index (χ0v) is 13.1. The van der Waals surface area contributed by atoms with Crippen LogP contribution in [0, 0.1) is 29.6 Å². The molecule has 0 unspecified atom stereocenters. The first kappa shape index (κ1) is 16.9. The molecule has 1 saturated heterocycles. The largest absolute Gasteiger partial charge is 0.481 e. The summed E-state index contributed by atoms with van der Waals surface area (Å²) in [5.74, 6) is 3.46. The number of carbonyl (C=O) groups excluding carboxylic acids is 1. The van der Waals surface area contributed by atoms with Crippen molar-refractivity contribution in [2.24, 2.45) is 5.92 Å². The van der Waals surface area contributed by atoms with Gasteiger partial charge in [0.2, 0.25) is 0 Å². The lowest BCUT2D eigenvalue weighted by atomic mass is 9.96. The fourth-order valence-corrected chi connectivity index (χ4v) is 2.62. The first-order valence-electron chi connectivity index (χ1n) is 7.76. The third kappa shape index (κ3) is 5.32. The highest BCUT2D eigenvalue weighted by Gasteiger charge is 2.19. The molecule has 5 nitrogen and oxygen atoms in total. The maximum absolute atomic E-state index is 12.1. The zero-order valence-electron chi connectivity index (χ0n) is 13.1. The van der Waals surface area contributed by atoms with Gasteiger partial charge < -0.3 is 10.1 Å². The highest BCUT2D eigenvalue weighted by Crippen LogP contribution is 2.16. The van der Waals surface area contributed by atoms with Gasteiger partial charge in [-0.05, 0) is 56.1 Å². The molecule has 1 N–H and O–H groups in total. The van der Waals surface area contributed by atoms with Crippen molar-refractivity contribution in [3.8, 4) is 24.2 Å². The fourth-order valence-electron chi connectivity index (χ4n) is 2.62. The highest BCUT2D eigenvalue weighted by atomic mass is 16.5. The van der Waals surface area contributed by atoms with Crippen molar-refractivity contribution in [1.82, 2.24) is 10.2 Å². The molecule has 0 atom stereocenters. The van der Waals surface area contributed by atoms with Gasteiger partial charge in [-0.3, -0.25) is 9.69 Å². The number of nitrogens with one attached hydrogen (secondary N) is 1. The Hall–Kier alpha value is -2.50. The van der Waals surface area contributed by atoms with E-state index in [0.717, 1.165) is 25.9 Å². The lowest BCUT2D eigenvalue weighted by Gasteiger charge is -2.30. The molecule has 0 radical (unpaired) electrons. The molecule has 120 valence electrons. The predicted octanol–water partition coefficient (Wildman–Crippen LogP) is 1.66. The van der Waals surface area contributed by atoms with Crippen LogP contribution >= 0.6 is 0 Å². The van der Waals surface area contributed by atoms with Crippen LogP contribution in [0.25, 0.3) is 0 Å².